The number of carbonyl (C=O) groups is 1. The first-order valence-electron chi connectivity index (χ1n) is 6.63. The summed E-state index contributed by atoms with van der Waals surface area (Å²) in [7, 11) is 0. The molecule has 0 spiro atoms. The molecule has 2 aromatic rings. The third-order valence-electron chi connectivity index (χ3n) is 2.97. The highest BCUT2D eigenvalue weighted by Gasteiger charge is 1.99. The molecule has 3 heteroatoms. The van der Waals surface area contributed by atoms with Crippen LogP contribution in [0.25, 0.3) is 11.1 Å². The molecule has 2 aromatic carbocycles. The van der Waals surface area contributed by atoms with Crippen LogP contribution in [0.3, 0.4) is 0 Å². The molecular weight excluding hydrogens is 316 g/mol. The zero-order chi connectivity index (χ0) is 14.4. The number of ether oxygens (including phenoxy) is 1. The summed E-state index contributed by atoms with van der Waals surface area (Å²) >= 11 is 3.43. The second kappa shape index (κ2) is 7.25. The summed E-state index contributed by atoms with van der Waals surface area (Å²) in [5.74, 6) is 1.05. The van der Waals surface area contributed by atoms with E-state index in [9.17, 15) is 4.79 Å². The van der Waals surface area contributed by atoms with E-state index in [2.05, 4.69) is 28.1 Å². The lowest BCUT2D eigenvalue weighted by molar-refractivity contribution is -0.117. The summed E-state index contributed by atoms with van der Waals surface area (Å²) in [6, 6.07) is 16.2. The van der Waals surface area contributed by atoms with Gasteiger partial charge < -0.3 is 9.53 Å². The fraction of sp³-hybridized carbons (Fsp3) is 0.235. The first-order chi connectivity index (χ1) is 9.65. The first kappa shape index (κ1) is 14.8. The topological polar surface area (TPSA) is 26.3 Å². The largest absolute Gasteiger partial charge is 0.494 e. The van der Waals surface area contributed by atoms with Crippen molar-refractivity contribution in [1.29, 1.82) is 0 Å². The highest BCUT2D eigenvalue weighted by atomic mass is 79.9. The van der Waals surface area contributed by atoms with Crippen molar-refractivity contribution in [3.8, 4) is 16.9 Å². The minimum atomic E-state index is 0.208. The van der Waals surface area contributed by atoms with Gasteiger partial charge in [-0.1, -0.05) is 40.2 Å². The van der Waals surface area contributed by atoms with Gasteiger partial charge in [-0.05, 0) is 48.7 Å². The van der Waals surface area contributed by atoms with Crippen molar-refractivity contribution in [3.05, 3.63) is 53.0 Å². The predicted molar refractivity (Wildman–Crippen MR) is 85.0 cm³/mol. The zero-order valence-electron chi connectivity index (χ0n) is 11.4. The van der Waals surface area contributed by atoms with E-state index < -0.39 is 0 Å². The lowest BCUT2D eigenvalue weighted by atomic mass is 10.1. The lowest BCUT2D eigenvalue weighted by Gasteiger charge is -2.07. The van der Waals surface area contributed by atoms with Crippen LogP contribution in [0.2, 0.25) is 0 Å². The number of halogens is 1. The van der Waals surface area contributed by atoms with Crippen LogP contribution in [0.1, 0.15) is 19.8 Å². The Kier molecular flexibility index (Phi) is 5.36. The SMILES string of the molecule is CC(=O)CCCOc1ccc(-c2ccc(Br)cc2)cc1. The molecular formula is C17H17BrO2. The Labute approximate surface area is 127 Å². The standard InChI is InChI=1S/C17H17BrO2/c1-13(19)3-2-12-20-17-10-6-15(7-11-17)14-4-8-16(18)9-5-14/h4-11H,2-3,12H2,1H3. The monoisotopic (exact) mass is 332 g/mol. The highest BCUT2D eigenvalue weighted by molar-refractivity contribution is 9.10. The quantitative estimate of drug-likeness (QED) is 0.706. The summed E-state index contributed by atoms with van der Waals surface area (Å²) in [5.41, 5.74) is 2.34. The Morgan fingerprint density at radius 2 is 1.55 bits per heavy atom. The molecule has 2 rings (SSSR count). The molecule has 0 unspecified atom stereocenters. The van der Waals surface area contributed by atoms with Crippen LogP contribution < -0.4 is 4.74 Å². The Hall–Kier alpha value is -1.61. The number of rotatable bonds is 6. The van der Waals surface area contributed by atoms with Gasteiger partial charge in [0.15, 0.2) is 0 Å². The normalized spacial score (nSPS) is 10.3. The van der Waals surface area contributed by atoms with Gasteiger partial charge in [-0.3, -0.25) is 0 Å². The van der Waals surface area contributed by atoms with Gasteiger partial charge in [0, 0.05) is 10.9 Å². The van der Waals surface area contributed by atoms with Crippen LogP contribution in [0.15, 0.2) is 53.0 Å². The summed E-state index contributed by atoms with van der Waals surface area (Å²) in [6.45, 7) is 2.18. The van der Waals surface area contributed by atoms with Gasteiger partial charge in [0.05, 0.1) is 6.61 Å². The molecule has 0 fully saturated rings. The molecule has 0 radical (unpaired) electrons. The Balaban J connectivity index is 1.92. The van der Waals surface area contributed by atoms with Crippen molar-refractivity contribution in [1.82, 2.24) is 0 Å². The maximum atomic E-state index is 10.8. The van der Waals surface area contributed by atoms with Gasteiger partial charge >= 0.3 is 0 Å². The van der Waals surface area contributed by atoms with E-state index in [-0.39, 0.29) is 5.78 Å². The molecule has 0 heterocycles. The van der Waals surface area contributed by atoms with Crippen molar-refractivity contribution in [2.45, 2.75) is 19.8 Å². The molecule has 20 heavy (non-hydrogen) atoms. The minimum absolute atomic E-state index is 0.208. The van der Waals surface area contributed by atoms with Crippen LogP contribution in [0.4, 0.5) is 0 Å². The molecule has 0 atom stereocenters. The van der Waals surface area contributed by atoms with Gasteiger partial charge in [0.1, 0.15) is 11.5 Å². The van der Waals surface area contributed by atoms with Gasteiger partial charge in [-0.2, -0.15) is 0 Å². The van der Waals surface area contributed by atoms with E-state index in [4.69, 9.17) is 4.74 Å². The molecule has 0 aliphatic carbocycles. The molecule has 0 aliphatic heterocycles. The molecule has 104 valence electrons. The van der Waals surface area contributed by atoms with Crippen molar-refractivity contribution in [2.75, 3.05) is 6.61 Å². The van der Waals surface area contributed by atoms with Crippen LogP contribution in [-0.2, 0) is 4.79 Å². The third kappa shape index (κ3) is 4.49. The smallest absolute Gasteiger partial charge is 0.129 e. The van der Waals surface area contributed by atoms with Crippen molar-refractivity contribution >= 4 is 21.7 Å². The fourth-order valence-electron chi connectivity index (χ4n) is 1.90. The van der Waals surface area contributed by atoms with E-state index >= 15 is 0 Å². The highest BCUT2D eigenvalue weighted by Crippen LogP contribution is 2.24. The van der Waals surface area contributed by atoms with Gasteiger partial charge in [-0.25, -0.2) is 0 Å². The molecule has 0 aliphatic rings. The summed E-state index contributed by atoms with van der Waals surface area (Å²) in [6.07, 6.45) is 1.35. The van der Waals surface area contributed by atoms with Crippen LogP contribution in [0.5, 0.6) is 5.75 Å². The fourth-order valence-corrected chi connectivity index (χ4v) is 2.16. The molecule has 2 nitrogen and oxygen atoms in total. The predicted octanol–water partition coefficient (Wildman–Crippen LogP) is 4.86. The van der Waals surface area contributed by atoms with E-state index in [1.807, 2.05) is 36.4 Å². The van der Waals surface area contributed by atoms with Crippen LogP contribution >= 0.6 is 15.9 Å². The van der Waals surface area contributed by atoms with Gasteiger partial charge in [0.25, 0.3) is 0 Å². The van der Waals surface area contributed by atoms with Crippen LogP contribution in [-0.4, -0.2) is 12.4 Å². The van der Waals surface area contributed by atoms with Gasteiger partial charge in [-0.15, -0.1) is 0 Å². The zero-order valence-corrected chi connectivity index (χ0v) is 13.0. The molecule has 0 bridgehead atoms. The summed E-state index contributed by atoms with van der Waals surface area (Å²) in [5, 5.41) is 0. The number of ketones is 1. The molecule has 0 amide bonds. The average molecular weight is 333 g/mol. The van der Waals surface area contributed by atoms with Crippen molar-refractivity contribution < 1.29 is 9.53 Å². The molecule has 0 aromatic heterocycles. The van der Waals surface area contributed by atoms with Crippen molar-refractivity contribution in [2.24, 2.45) is 0 Å². The number of carbonyl (C=O) groups excluding carboxylic acids is 1. The number of hydrogen-bond acceptors (Lipinski definition) is 2. The maximum Gasteiger partial charge on any atom is 0.129 e. The lowest BCUT2D eigenvalue weighted by Crippen LogP contribution is -2.00. The average Bonchev–Trinajstić information content (AvgIpc) is 2.45. The van der Waals surface area contributed by atoms with E-state index in [0.29, 0.717) is 13.0 Å². The summed E-state index contributed by atoms with van der Waals surface area (Å²) < 4.78 is 6.68. The second-order valence-corrected chi connectivity index (χ2v) is 5.60. The Bertz CT molecular complexity index is 559. The van der Waals surface area contributed by atoms with Gasteiger partial charge in [0.2, 0.25) is 0 Å². The third-order valence-corrected chi connectivity index (χ3v) is 3.50. The Morgan fingerprint density at radius 3 is 2.10 bits per heavy atom. The van der Waals surface area contributed by atoms with E-state index in [1.54, 1.807) is 6.92 Å². The molecule has 0 saturated heterocycles. The maximum absolute atomic E-state index is 10.8. The second-order valence-electron chi connectivity index (χ2n) is 4.69. The molecule has 0 saturated carbocycles. The molecule has 0 N–H and O–H groups in total. The number of Topliss-reactive ketones (excluding diaryl/α,β-unsaturated/α-hetero) is 1. The van der Waals surface area contributed by atoms with E-state index in [0.717, 1.165) is 22.2 Å². The van der Waals surface area contributed by atoms with Crippen LogP contribution in [0, 0.1) is 0 Å². The minimum Gasteiger partial charge on any atom is -0.494 e. The summed E-state index contributed by atoms with van der Waals surface area (Å²) in [4.78, 5) is 10.8. The van der Waals surface area contributed by atoms with E-state index in [1.165, 1.54) is 5.56 Å². The number of benzene rings is 2. The number of hydrogen-bond donors (Lipinski definition) is 0. The first-order valence-corrected chi connectivity index (χ1v) is 7.43. The Morgan fingerprint density at radius 1 is 1.00 bits per heavy atom. The van der Waals surface area contributed by atoms with Crippen molar-refractivity contribution in [3.63, 3.8) is 0 Å².